The van der Waals surface area contributed by atoms with E-state index >= 15 is 0 Å². The Balaban J connectivity index is 2.13. The lowest BCUT2D eigenvalue weighted by Gasteiger charge is -2.36. The van der Waals surface area contributed by atoms with E-state index in [0.29, 0.717) is 24.6 Å². The number of ether oxygens (including phenoxy) is 1. The third-order valence-electron chi connectivity index (χ3n) is 3.76. The summed E-state index contributed by atoms with van der Waals surface area (Å²) >= 11 is 0. The van der Waals surface area contributed by atoms with Gasteiger partial charge in [-0.25, -0.2) is 0 Å². The van der Waals surface area contributed by atoms with Crippen LogP contribution >= 0.6 is 0 Å². The zero-order chi connectivity index (χ0) is 14.0. The fraction of sp³-hybridized carbons (Fsp3) is 0.500. The minimum atomic E-state index is -0.0933. The second-order valence-electron chi connectivity index (χ2n) is 5.06. The number of nitrogens with two attached hydrogens (primary N) is 1. The summed E-state index contributed by atoms with van der Waals surface area (Å²) in [5.74, 6) is 0.303. The summed E-state index contributed by atoms with van der Waals surface area (Å²) in [5.41, 5.74) is 6.27. The number of carbonyl (C=O) groups excluding carboxylic acids is 1. The number of nitrogens with zero attached hydrogens (tertiary/aromatic N) is 1. The van der Waals surface area contributed by atoms with Gasteiger partial charge in [0.05, 0.1) is 11.8 Å². The number of aromatic hydroxyl groups is 1. The molecule has 2 atom stereocenters. The number of nitrogen functional groups attached to an aromatic ring is 1. The number of amides is 1. The van der Waals surface area contributed by atoms with Crippen molar-refractivity contribution in [1.82, 2.24) is 4.90 Å². The SMILES string of the molecule is COC1CN(C(=O)c2ccc(N)c(O)c2)CCC1C. The normalized spacial score (nSPS) is 23.4. The number of likely N-dealkylation sites (tertiary alicyclic amines) is 1. The van der Waals surface area contributed by atoms with Crippen LogP contribution in [-0.4, -0.2) is 42.2 Å². The average Bonchev–Trinajstić information content (AvgIpc) is 2.41. The van der Waals surface area contributed by atoms with Crippen LogP contribution in [0.2, 0.25) is 0 Å². The molecule has 0 radical (unpaired) electrons. The molecule has 2 unspecified atom stereocenters. The summed E-state index contributed by atoms with van der Waals surface area (Å²) in [6.45, 7) is 3.43. The lowest BCUT2D eigenvalue weighted by Crippen LogP contribution is -2.46. The number of carbonyl (C=O) groups is 1. The first kappa shape index (κ1) is 13.7. The highest BCUT2D eigenvalue weighted by Gasteiger charge is 2.29. The van der Waals surface area contributed by atoms with E-state index in [4.69, 9.17) is 10.5 Å². The summed E-state index contributed by atoms with van der Waals surface area (Å²) in [6, 6.07) is 4.59. The second kappa shape index (κ2) is 5.48. The van der Waals surface area contributed by atoms with E-state index in [-0.39, 0.29) is 23.4 Å². The number of piperidine rings is 1. The average molecular weight is 264 g/mol. The number of rotatable bonds is 2. The Morgan fingerprint density at radius 2 is 2.26 bits per heavy atom. The van der Waals surface area contributed by atoms with Crippen molar-refractivity contribution < 1.29 is 14.6 Å². The van der Waals surface area contributed by atoms with Gasteiger partial charge in [0.1, 0.15) is 5.75 Å². The molecule has 1 aromatic carbocycles. The summed E-state index contributed by atoms with van der Waals surface area (Å²) in [5, 5.41) is 9.57. The van der Waals surface area contributed by atoms with E-state index in [2.05, 4.69) is 6.92 Å². The van der Waals surface area contributed by atoms with E-state index in [1.807, 2.05) is 0 Å². The lowest BCUT2D eigenvalue weighted by atomic mass is 9.95. The molecular weight excluding hydrogens is 244 g/mol. The van der Waals surface area contributed by atoms with Gasteiger partial charge in [-0.15, -0.1) is 0 Å². The molecule has 5 heteroatoms. The first-order chi connectivity index (χ1) is 9.02. The van der Waals surface area contributed by atoms with E-state index < -0.39 is 0 Å². The van der Waals surface area contributed by atoms with Crippen LogP contribution in [0.25, 0.3) is 0 Å². The number of benzene rings is 1. The summed E-state index contributed by atoms with van der Waals surface area (Å²) < 4.78 is 5.40. The van der Waals surface area contributed by atoms with Crippen molar-refractivity contribution in [2.75, 3.05) is 25.9 Å². The standard InChI is InChI=1S/C14H20N2O3/c1-9-5-6-16(8-13(9)19-2)14(18)10-3-4-11(15)12(17)7-10/h3-4,7,9,13,17H,5-6,8,15H2,1-2H3. The highest BCUT2D eigenvalue weighted by Crippen LogP contribution is 2.24. The summed E-state index contributed by atoms with van der Waals surface area (Å²) in [7, 11) is 1.67. The molecule has 104 valence electrons. The number of hydrogen-bond acceptors (Lipinski definition) is 4. The maximum Gasteiger partial charge on any atom is 0.254 e. The molecule has 0 spiro atoms. The molecular formula is C14H20N2O3. The van der Waals surface area contributed by atoms with Crippen LogP contribution < -0.4 is 5.73 Å². The highest BCUT2D eigenvalue weighted by molar-refractivity contribution is 5.95. The maximum atomic E-state index is 12.3. The van der Waals surface area contributed by atoms with Crippen LogP contribution in [-0.2, 0) is 4.74 Å². The van der Waals surface area contributed by atoms with Crippen molar-refractivity contribution in [2.24, 2.45) is 5.92 Å². The highest BCUT2D eigenvalue weighted by atomic mass is 16.5. The molecule has 1 aliphatic heterocycles. The van der Waals surface area contributed by atoms with Gasteiger partial charge in [-0.3, -0.25) is 4.79 Å². The number of anilines is 1. The van der Waals surface area contributed by atoms with E-state index in [1.54, 1.807) is 24.1 Å². The van der Waals surface area contributed by atoms with Gasteiger partial charge in [-0.1, -0.05) is 6.92 Å². The quantitative estimate of drug-likeness (QED) is 0.626. The Labute approximate surface area is 113 Å². The van der Waals surface area contributed by atoms with Gasteiger partial charge in [0.2, 0.25) is 0 Å². The number of phenolic OH excluding ortho intramolecular Hbond substituents is 1. The Morgan fingerprint density at radius 1 is 1.53 bits per heavy atom. The molecule has 2 rings (SSSR count). The van der Waals surface area contributed by atoms with Crippen molar-refractivity contribution in [1.29, 1.82) is 0 Å². The fourth-order valence-corrected chi connectivity index (χ4v) is 2.38. The van der Waals surface area contributed by atoms with Gasteiger partial charge in [0.25, 0.3) is 5.91 Å². The largest absolute Gasteiger partial charge is 0.506 e. The predicted molar refractivity (Wildman–Crippen MR) is 73.0 cm³/mol. The second-order valence-corrected chi connectivity index (χ2v) is 5.06. The van der Waals surface area contributed by atoms with E-state index in [0.717, 1.165) is 6.42 Å². The van der Waals surface area contributed by atoms with E-state index in [9.17, 15) is 9.90 Å². The van der Waals surface area contributed by atoms with Gasteiger partial charge >= 0.3 is 0 Å². The van der Waals surface area contributed by atoms with Crippen molar-refractivity contribution in [3.05, 3.63) is 23.8 Å². The zero-order valence-corrected chi connectivity index (χ0v) is 11.3. The van der Waals surface area contributed by atoms with Crippen molar-refractivity contribution in [3.63, 3.8) is 0 Å². The molecule has 3 N–H and O–H groups in total. The van der Waals surface area contributed by atoms with Crippen LogP contribution in [0.5, 0.6) is 5.75 Å². The molecule has 0 bridgehead atoms. The van der Waals surface area contributed by atoms with Gasteiger partial charge < -0.3 is 20.5 Å². The Bertz CT molecular complexity index is 476. The van der Waals surface area contributed by atoms with Crippen LogP contribution in [0.1, 0.15) is 23.7 Å². The zero-order valence-electron chi connectivity index (χ0n) is 11.3. The fourth-order valence-electron chi connectivity index (χ4n) is 2.38. The third-order valence-corrected chi connectivity index (χ3v) is 3.76. The molecule has 1 saturated heterocycles. The molecule has 19 heavy (non-hydrogen) atoms. The van der Waals surface area contributed by atoms with Gasteiger partial charge in [-0.05, 0) is 30.5 Å². The molecule has 0 aromatic heterocycles. The van der Waals surface area contributed by atoms with Crippen LogP contribution in [0.3, 0.4) is 0 Å². The molecule has 0 saturated carbocycles. The van der Waals surface area contributed by atoms with Crippen LogP contribution in [0.4, 0.5) is 5.69 Å². The van der Waals surface area contributed by atoms with Crippen LogP contribution in [0, 0.1) is 5.92 Å². The number of methoxy groups -OCH3 is 1. The van der Waals surface area contributed by atoms with E-state index in [1.165, 1.54) is 6.07 Å². The predicted octanol–water partition coefficient (Wildman–Crippen LogP) is 1.47. The third kappa shape index (κ3) is 2.81. The van der Waals surface area contributed by atoms with Gasteiger partial charge in [0.15, 0.2) is 0 Å². The summed E-state index contributed by atoms with van der Waals surface area (Å²) in [6.07, 6.45) is 0.991. The molecule has 5 nitrogen and oxygen atoms in total. The van der Waals surface area contributed by atoms with Crippen molar-refractivity contribution in [2.45, 2.75) is 19.4 Å². The minimum Gasteiger partial charge on any atom is -0.506 e. The molecule has 1 aromatic rings. The van der Waals surface area contributed by atoms with Crippen LogP contribution in [0.15, 0.2) is 18.2 Å². The minimum absolute atomic E-state index is 0.0560. The molecule has 1 aliphatic rings. The smallest absolute Gasteiger partial charge is 0.254 e. The van der Waals surface area contributed by atoms with Crippen molar-refractivity contribution in [3.8, 4) is 5.75 Å². The number of hydrogen-bond donors (Lipinski definition) is 2. The summed E-state index contributed by atoms with van der Waals surface area (Å²) in [4.78, 5) is 14.1. The van der Waals surface area contributed by atoms with Crippen molar-refractivity contribution >= 4 is 11.6 Å². The van der Waals surface area contributed by atoms with Gasteiger partial charge in [0, 0.05) is 25.8 Å². The number of phenols is 1. The Hall–Kier alpha value is -1.75. The first-order valence-corrected chi connectivity index (χ1v) is 6.43. The van der Waals surface area contributed by atoms with Gasteiger partial charge in [-0.2, -0.15) is 0 Å². The molecule has 1 fully saturated rings. The lowest BCUT2D eigenvalue weighted by molar-refractivity contribution is -0.00157. The Kier molecular flexibility index (Phi) is 3.95. The topological polar surface area (TPSA) is 75.8 Å². The monoisotopic (exact) mass is 264 g/mol. The first-order valence-electron chi connectivity index (χ1n) is 6.43. The molecule has 0 aliphatic carbocycles. The maximum absolute atomic E-state index is 12.3. The molecule has 1 heterocycles. The Morgan fingerprint density at radius 3 is 2.89 bits per heavy atom. The molecule has 1 amide bonds.